The lowest BCUT2D eigenvalue weighted by molar-refractivity contribution is -0.320. The molecule has 0 spiro atoms. The van der Waals surface area contributed by atoms with Gasteiger partial charge in [-0.25, -0.2) is 0 Å². The lowest BCUT2D eigenvalue weighted by Gasteiger charge is -2.46. The fourth-order valence-corrected chi connectivity index (χ4v) is 5.07. The zero-order valence-corrected chi connectivity index (χ0v) is 23.8. The highest BCUT2D eigenvalue weighted by Crippen LogP contribution is 2.31. The van der Waals surface area contributed by atoms with E-state index in [0.717, 1.165) is 16.7 Å². The summed E-state index contributed by atoms with van der Waals surface area (Å²) in [6, 6.07) is 30.3. The molecule has 0 aromatic heterocycles. The third-order valence-corrected chi connectivity index (χ3v) is 7.39. The lowest BCUT2D eigenvalue weighted by atomic mass is 9.98. The summed E-state index contributed by atoms with van der Waals surface area (Å²) in [6.07, 6.45) is -2.40. The molecule has 0 N–H and O–H groups in total. The second-order valence-electron chi connectivity index (χ2n) is 10.5. The molecule has 3 unspecified atom stereocenters. The largest absolute Gasteiger partial charge is 0.415 e. The molecule has 6 nitrogen and oxygen atoms in total. The Bertz CT molecular complexity index is 1060. The van der Waals surface area contributed by atoms with Crippen LogP contribution in [0, 0.1) is 0 Å². The van der Waals surface area contributed by atoms with Crippen molar-refractivity contribution in [3.05, 3.63) is 108 Å². The van der Waals surface area contributed by atoms with E-state index in [9.17, 15) is 0 Å². The average Bonchev–Trinajstić information content (AvgIpc) is 2.94. The first-order valence-corrected chi connectivity index (χ1v) is 16.6. The van der Waals surface area contributed by atoms with Crippen LogP contribution in [0.25, 0.3) is 0 Å². The maximum absolute atomic E-state index is 6.61. The molecule has 3 aromatic rings. The topological polar surface area (TPSA) is 55.4 Å². The lowest BCUT2D eigenvalue weighted by Crippen LogP contribution is -2.62. The minimum absolute atomic E-state index is 0.382. The van der Waals surface area contributed by atoms with Gasteiger partial charge in [0.15, 0.2) is 14.6 Å². The second kappa shape index (κ2) is 14.1. The van der Waals surface area contributed by atoms with E-state index in [-0.39, 0.29) is 6.10 Å². The van der Waals surface area contributed by atoms with Gasteiger partial charge in [-0.3, -0.25) is 0 Å². The van der Waals surface area contributed by atoms with Gasteiger partial charge in [-0.05, 0) is 36.3 Å². The third-order valence-electron chi connectivity index (χ3n) is 6.36. The Balaban J connectivity index is 1.60. The van der Waals surface area contributed by atoms with Crippen LogP contribution in [0.1, 0.15) is 16.7 Å². The molecule has 1 fully saturated rings. The summed E-state index contributed by atoms with van der Waals surface area (Å²) in [7, 11) is -0.169. The fraction of sp³-hybridized carbons (Fsp3) is 0.419. The van der Waals surface area contributed by atoms with Crippen LogP contribution in [-0.4, -0.2) is 52.7 Å². The molecule has 0 aliphatic carbocycles. The summed E-state index contributed by atoms with van der Waals surface area (Å²) in [5.41, 5.74) is 3.22. The maximum Gasteiger partial charge on any atom is 0.186 e. The van der Waals surface area contributed by atoms with Gasteiger partial charge in [0, 0.05) is 7.11 Å². The van der Waals surface area contributed by atoms with E-state index in [4.69, 9.17) is 28.1 Å². The number of ether oxygens (including phenoxy) is 5. The first-order chi connectivity index (χ1) is 18.4. The number of benzene rings is 3. The standard InChI is InChI=1S/C31H40O6Si/c1-32-31-30(35-22-26-18-12-7-13-19-26)29(34-21-25-16-10-6-11-17-25)28(27(37-31)23-36-38(2,3)4)33-20-24-14-8-5-9-15-24/h5-19,27-31H,20-23H2,1-4H3/t27?,28-,29?,30?,31+/m1/s1. The normalized spacial score (nSPS) is 23.8. The maximum atomic E-state index is 6.61. The molecule has 38 heavy (non-hydrogen) atoms. The van der Waals surface area contributed by atoms with Crippen molar-refractivity contribution >= 4 is 8.32 Å². The Morgan fingerprint density at radius 3 is 1.45 bits per heavy atom. The van der Waals surface area contributed by atoms with E-state index in [1.165, 1.54) is 0 Å². The van der Waals surface area contributed by atoms with Gasteiger partial charge in [0.1, 0.15) is 24.4 Å². The molecule has 1 saturated heterocycles. The first-order valence-electron chi connectivity index (χ1n) is 13.2. The van der Waals surface area contributed by atoms with E-state index in [2.05, 4.69) is 43.9 Å². The van der Waals surface area contributed by atoms with E-state index < -0.39 is 32.9 Å². The van der Waals surface area contributed by atoms with Gasteiger partial charge in [0.05, 0.1) is 26.4 Å². The van der Waals surface area contributed by atoms with Crippen LogP contribution in [0.15, 0.2) is 91.0 Å². The Hall–Kier alpha value is -2.36. The van der Waals surface area contributed by atoms with Crippen LogP contribution >= 0.6 is 0 Å². The van der Waals surface area contributed by atoms with Crippen molar-refractivity contribution < 1.29 is 28.1 Å². The minimum Gasteiger partial charge on any atom is -0.415 e. The molecule has 204 valence electrons. The van der Waals surface area contributed by atoms with Gasteiger partial charge in [-0.15, -0.1) is 0 Å². The Morgan fingerprint density at radius 1 is 0.605 bits per heavy atom. The van der Waals surface area contributed by atoms with E-state index >= 15 is 0 Å². The predicted molar refractivity (Wildman–Crippen MR) is 150 cm³/mol. The SMILES string of the molecule is CO[C@H]1OC(CO[Si](C)(C)C)[C@@H](OCc2ccccc2)C(OCc2ccccc2)C1OCc1ccccc1. The number of rotatable bonds is 13. The van der Waals surface area contributed by atoms with E-state index in [0.29, 0.717) is 26.4 Å². The van der Waals surface area contributed by atoms with Crippen LogP contribution in [-0.2, 0) is 47.9 Å². The van der Waals surface area contributed by atoms with Crippen LogP contribution in [0.2, 0.25) is 19.6 Å². The molecule has 4 rings (SSSR count). The van der Waals surface area contributed by atoms with Gasteiger partial charge in [-0.1, -0.05) is 91.0 Å². The van der Waals surface area contributed by atoms with Crippen LogP contribution < -0.4 is 0 Å². The predicted octanol–water partition coefficient (Wildman–Crippen LogP) is 5.97. The Morgan fingerprint density at radius 2 is 1.03 bits per heavy atom. The smallest absolute Gasteiger partial charge is 0.186 e. The average molecular weight is 537 g/mol. The van der Waals surface area contributed by atoms with Gasteiger partial charge < -0.3 is 28.1 Å². The fourth-order valence-electron chi connectivity index (χ4n) is 4.40. The van der Waals surface area contributed by atoms with Crippen LogP contribution in [0.4, 0.5) is 0 Å². The highest BCUT2D eigenvalue weighted by molar-refractivity contribution is 6.69. The minimum atomic E-state index is -1.81. The summed E-state index contributed by atoms with van der Waals surface area (Å²) in [6.45, 7) is 8.13. The summed E-state index contributed by atoms with van der Waals surface area (Å²) in [4.78, 5) is 0. The van der Waals surface area contributed by atoms with Crippen LogP contribution in [0.5, 0.6) is 0 Å². The molecule has 1 aliphatic heterocycles. The molecule has 0 radical (unpaired) electrons. The van der Waals surface area contributed by atoms with Gasteiger partial charge in [0.2, 0.25) is 0 Å². The molecular formula is C31H40O6Si. The molecule has 0 bridgehead atoms. The first kappa shape index (κ1) is 28.6. The quantitative estimate of drug-likeness (QED) is 0.251. The zero-order chi connectivity index (χ0) is 26.8. The highest BCUT2D eigenvalue weighted by atomic mass is 28.4. The number of hydrogen-bond acceptors (Lipinski definition) is 6. The molecule has 1 aliphatic rings. The summed E-state index contributed by atoms with van der Waals surface area (Å²) in [5, 5.41) is 0. The van der Waals surface area contributed by atoms with Crippen molar-refractivity contribution in [3.63, 3.8) is 0 Å². The number of hydrogen-bond donors (Lipinski definition) is 0. The molecular weight excluding hydrogens is 496 g/mol. The van der Waals surface area contributed by atoms with Crippen molar-refractivity contribution in [3.8, 4) is 0 Å². The third kappa shape index (κ3) is 8.58. The Labute approximate surface area is 227 Å². The van der Waals surface area contributed by atoms with Crippen LogP contribution in [0.3, 0.4) is 0 Å². The molecule has 7 heteroatoms. The van der Waals surface area contributed by atoms with Crippen molar-refractivity contribution in [2.24, 2.45) is 0 Å². The van der Waals surface area contributed by atoms with Gasteiger partial charge in [0.25, 0.3) is 0 Å². The molecule has 0 saturated carbocycles. The highest BCUT2D eigenvalue weighted by Gasteiger charge is 2.49. The second-order valence-corrected chi connectivity index (χ2v) is 15.0. The zero-order valence-electron chi connectivity index (χ0n) is 22.8. The molecule has 3 aromatic carbocycles. The summed E-state index contributed by atoms with van der Waals surface area (Å²) < 4.78 is 38.2. The van der Waals surface area contributed by atoms with E-state index in [1.807, 2.05) is 66.7 Å². The summed E-state index contributed by atoms with van der Waals surface area (Å²) in [5.74, 6) is 0. The van der Waals surface area contributed by atoms with Gasteiger partial charge in [-0.2, -0.15) is 0 Å². The monoisotopic (exact) mass is 536 g/mol. The summed E-state index contributed by atoms with van der Waals surface area (Å²) >= 11 is 0. The van der Waals surface area contributed by atoms with Crippen molar-refractivity contribution in [2.75, 3.05) is 13.7 Å². The van der Waals surface area contributed by atoms with Crippen molar-refractivity contribution in [1.82, 2.24) is 0 Å². The van der Waals surface area contributed by atoms with Crippen molar-refractivity contribution in [1.29, 1.82) is 0 Å². The molecule has 0 amide bonds. The number of methoxy groups -OCH3 is 1. The van der Waals surface area contributed by atoms with E-state index in [1.54, 1.807) is 7.11 Å². The molecule has 1 heterocycles. The molecule has 5 atom stereocenters. The van der Waals surface area contributed by atoms with Crippen molar-refractivity contribution in [2.45, 2.75) is 70.2 Å². The van der Waals surface area contributed by atoms with Gasteiger partial charge >= 0.3 is 0 Å². The Kier molecular flexibility index (Phi) is 10.7.